The summed E-state index contributed by atoms with van der Waals surface area (Å²) in [4.78, 5) is 8.56. The maximum atomic E-state index is 8.74. The first-order valence-electron chi connectivity index (χ1n) is 1.35. The Labute approximate surface area is 111 Å². The van der Waals surface area contributed by atoms with Gasteiger partial charge < -0.3 is 24.0 Å². The second kappa shape index (κ2) is 18.3. The molecule has 0 fully saturated rings. The molecule has 0 aromatic rings. The average Bonchev–Trinajstić information content (AvgIpc) is 1.19. The molecular weight excluding hydrogens is 256 g/mol. The zero-order valence-corrected chi connectivity index (χ0v) is 8.65. The van der Waals surface area contributed by atoms with E-state index in [1.165, 1.54) is 0 Å². The Kier molecular flexibility index (Phi) is 52.9. The fourth-order valence-electron chi connectivity index (χ4n) is 0. The van der Waals surface area contributed by atoms with Crippen LogP contribution in [0.3, 0.4) is 0 Å². The number of hydrogen-bond acceptors (Lipinski definition) is 3. The van der Waals surface area contributed by atoms with Crippen LogP contribution < -0.4 is 0 Å². The van der Waals surface area contributed by atoms with Crippen LogP contribution in [0, 0.1) is 0 Å². The van der Waals surface area contributed by atoms with Gasteiger partial charge in [-0.25, -0.2) is 4.79 Å². The van der Waals surface area contributed by atoms with E-state index in [4.69, 9.17) is 32.5 Å². The van der Waals surface area contributed by atoms with Gasteiger partial charge in [-0.15, -0.1) is 0 Å². The van der Waals surface area contributed by atoms with E-state index in [-0.39, 0.29) is 62.5 Å². The molecule has 0 spiro atoms. The third-order valence-corrected chi connectivity index (χ3v) is 0. The second-order valence-corrected chi connectivity index (χ2v) is 1.63. The van der Waals surface area contributed by atoms with E-state index in [9.17, 15) is 0 Å². The Hall–Kier alpha value is 0.537. The maximum absolute atomic E-state index is 8.74. The van der Waals surface area contributed by atoms with E-state index in [1.54, 1.807) is 0 Å². The Morgan fingerprint density at radius 2 is 1.08 bits per heavy atom. The maximum Gasteiger partial charge on any atom is 2.00 e. The average molecular weight is 270 g/mol. The van der Waals surface area contributed by atoms with Crippen molar-refractivity contribution in [3.63, 3.8) is 0 Å². The third-order valence-electron chi connectivity index (χ3n) is 0. The van der Waals surface area contributed by atoms with Crippen LogP contribution in [0.4, 0.5) is 4.79 Å². The molecule has 0 aliphatic carbocycles. The van der Waals surface area contributed by atoms with Crippen LogP contribution in [-0.4, -0.2) is 93.5 Å². The zero-order chi connectivity index (χ0) is 8.08. The van der Waals surface area contributed by atoms with Gasteiger partial charge in [0.25, 0.3) is 0 Å². The van der Waals surface area contributed by atoms with Gasteiger partial charge in [0.15, 0.2) is 0 Å². The summed E-state index contributed by atoms with van der Waals surface area (Å²) in [6.45, 7) is 0. The first-order chi connectivity index (χ1) is 3.73. The van der Waals surface area contributed by atoms with Gasteiger partial charge in [0.05, 0.1) is 0 Å². The van der Waals surface area contributed by atoms with Crippen LogP contribution in [0.2, 0.25) is 0 Å². The Balaban J connectivity index is -0.00000000785. The van der Waals surface area contributed by atoms with Crippen molar-refractivity contribution in [2.45, 2.75) is 0 Å². The minimum Gasteiger partial charge on any atom is -1.00 e. The number of carbonyl (C=O) groups is 1. The molecule has 0 bridgehead atoms. The molecular formula is CH14CaO9SSi. The van der Waals surface area contributed by atoms with Crippen LogP contribution >= 0.6 is 0 Å². The van der Waals surface area contributed by atoms with E-state index in [2.05, 4.69) is 0 Å². The molecule has 0 heterocycles. The molecule has 8 N–H and O–H groups in total. The molecule has 0 saturated heterocycles. The smallest absolute Gasteiger partial charge is 1.00 e. The second-order valence-electron chi connectivity index (χ2n) is 0.730. The molecule has 84 valence electrons. The van der Waals surface area contributed by atoms with Crippen LogP contribution in [0.5, 0.6) is 0 Å². The molecule has 0 aliphatic rings. The van der Waals surface area contributed by atoms with Crippen LogP contribution in [0.15, 0.2) is 0 Å². The summed E-state index contributed by atoms with van der Waals surface area (Å²) in [6, 6.07) is 0. The fraction of sp³-hybridized carbons (Fsp3) is 0. The van der Waals surface area contributed by atoms with Crippen LogP contribution in [-0.2, 0) is 10.4 Å². The summed E-state index contributed by atoms with van der Waals surface area (Å²) < 4.78 is 31.6. The normalized spacial score (nSPS) is 6.31. The van der Waals surface area contributed by atoms with Gasteiger partial charge in [0.1, 0.15) is 0 Å². The summed E-state index contributed by atoms with van der Waals surface area (Å²) >= 11 is 0. The fourth-order valence-corrected chi connectivity index (χ4v) is 0. The van der Waals surface area contributed by atoms with E-state index < -0.39 is 16.6 Å². The van der Waals surface area contributed by atoms with Crippen LogP contribution in [0.25, 0.3) is 0 Å². The first kappa shape index (κ1) is 37.5. The molecule has 9 nitrogen and oxygen atoms in total. The summed E-state index contributed by atoms with van der Waals surface area (Å²) in [5, 5.41) is 13.9. The summed E-state index contributed by atoms with van der Waals surface area (Å²) in [6.07, 6.45) is -1.83. The SMILES string of the molecule is O.O.O=C(O)O.O=S(=O)(O)O.[Ca+2].[H-].[H-].[SiH4]. The van der Waals surface area contributed by atoms with E-state index >= 15 is 0 Å². The van der Waals surface area contributed by atoms with Gasteiger partial charge >= 0.3 is 54.3 Å². The van der Waals surface area contributed by atoms with Gasteiger partial charge in [-0.1, -0.05) is 0 Å². The molecule has 0 atom stereocenters. The molecule has 0 saturated carbocycles. The van der Waals surface area contributed by atoms with Gasteiger partial charge in [-0.3, -0.25) is 9.11 Å². The monoisotopic (exact) mass is 270 g/mol. The van der Waals surface area contributed by atoms with Crippen LogP contribution in [0.1, 0.15) is 2.85 Å². The molecule has 0 aromatic carbocycles. The standard InChI is InChI=1S/CH2O3.Ca.H2O4S.2H2O.H4Si.2H/c2-1(3)4;;1-5(2,3)4;;;;;/h(H2,2,3,4);;(H2,1,2,3,4);2*1H2;1H4;;/q;+2;;;;;2*-1. The van der Waals surface area contributed by atoms with Crippen molar-refractivity contribution in [3.8, 4) is 0 Å². The minimum absolute atomic E-state index is 0. The Morgan fingerprint density at radius 3 is 1.08 bits per heavy atom. The Bertz CT molecular complexity index is 171. The van der Waals surface area contributed by atoms with Crippen molar-refractivity contribution in [2.24, 2.45) is 0 Å². The summed E-state index contributed by atoms with van der Waals surface area (Å²) in [5.41, 5.74) is 0. The molecule has 0 rings (SSSR count). The first-order valence-corrected chi connectivity index (χ1v) is 2.75. The topological polar surface area (TPSA) is 195 Å². The van der Waals surface area contributed by atoms with Crippen molar-refractivity contribution in [1.82, 2.24) is 0 Å². The molecule has 0 aliphatic heterocycles. The summed E-state index contributed by atoms with van der Waals surface area (Å²) in [5.74, 6) is 0. The van der Waals surface area contributed by atoms with Gasteiger partial charge in [-0.05, 0) is 11.0 Å². The summed E-state index contributed by atoms with van der Waals surface area (Å²) in [7, 11) is -4.67. The molecule has 0 unspecified atom stereocenters. The van der Waals surface area contributed by atoms with Gasteiger partial charge in [-0.2, -0.15) is 8.42 Å². The zero-order valence-electron chi connectivity index (χ0n) is 7.63. The largest absolute Gasteiger partial charge is 2.00 e. The number of hydrogen-bond donors (Lipinski definition) is 4. The number of carboxylic acid groups (broad SMARTS) is 2. The third kappa shape index (κ3) is 4830. The van der Waals surface area contributed by atoms with Crippen molar-refractivity contribution in [2.75, 3.05) is 0 Å². The van der Waals surface area contributed by atoms with E-state index in [1.807, 2.05) is 0 Å². The molecule has 0 aromatic heterocycles. The predicted molar refractivity (Wildman–Crippen MR) is 51.4 cm³/mol. The quantitative estimate of drug-likeness (QED) is 0.256. The van der Waals surface area contributed by atoms with Crippen molar-refractivity contribution in [1.29, 1.82) is 0 Å². The number of rotatable bonds is 0. The van der Waals surface area contributed by atoms with Gasteiger partial charge in [0.2, 0.25) is 0 Å². The molecule has 0 radical (unpaired) electrons. The van der Waals surface area contributed by atoms with Gasteiger partial charge in [0, 0.05) is 0 Å². The van der Waals surface area contributed by atoms with E-state index in [0.29, 0.717) is 0 Å². The van der Waals surface area contributed by atoms with Crippen molar-refractivity contribution in [3.05, 3.63) is 0 Å². The molecule has 13 heavy (non-hydrogen) atoms. The Morgan fingerprint density at radius 1 is 1.08 bits per heavy atom. The molecule has 12 heteroatoms. The van der Waals surface area contributed by atoms with E-state index in [0.717, 1.165) is 0 Å². The molecule has 0 amide bonds. The van der Waals surface area contributed by atoms with Crippen molar-refractivity contribution >= 4 is 65.3 Å². The van der Waals surface area contributed by atoms with Crippen molar-refractivity contribution < 1.29 is 46.3 Å². The minimum atomic E-state index is -4.67. The predicted octanol–water partition coefficient (Wildman–Crippen LogP) is -3.69.